The zero-order valence-electron chi connectivity index (χ0n) is 9.46. The smallest absolute Gasteiger partial charge is 0.0754 e. The predicted molar refractivity (Wildman–Crippen MR) is 58.3 cm³/mol. The lowest BCUT2D eigenvalue weighted by molar-refractivity contribution is 0.0570. The summed E-state index contributed by atoms with van der Waals surface area (Å²) in [6.45, 7) is 6.57. The molecule has 82 valence electrons. The van der Waals surface area contributed by atoms with Crippen LogP contribution in [0.2, 0.25) is 0 Å². The van der Waals surface area contributed by atoms with Gasteiger partial charge in [-0.2, -0.15) is 0 Å². The van der Waals surface area contributed by atoms with Gasteiger partial charge in [0.1, 0.15) is 0 Å². The van der Waals surface area contributed by atoms with Crippen LogP contribution < -0.4 is 5.32 Å². The van der Waals surface area contributed by atoms with Crippen LogP contribution in [0.5, 0.6) is 0 Å². The van der Waals surface area contributed by atoms with Crippen LogP contribution in [0, 0.1) is 11.8 Å². The standard InChI is InChI=1S/C12H23NO/c1-3-13-11(8-10-4-5-10)12-9(2)6-7-14-12/h9-13H,3-8H2,1-2H3. The molecule has 3 atom stereocenters. The normalized spacial score (nSPS) is 34.7. The minimum atomic E-state index is 0.482. The molecular weight excluding hydrogens is 174 g/mol. The molecule has 2 nitrogen and oxygen atoms in total. The molecule has 0 bridgehead atoms. The SMILES string of the molecule is CCNC(CC1CC1)C1OCCC1C. The van der Waals surface area contributed by atoms with Crippen molar-refractivity contribution in [2.75, 3.05) is 13.2 Å². The molecule has 2 rings (SSSR count). The third-order valence-corrected chi connectivity index (χ3v) is 3.59. The Balaban J connectivity index is 1.86. The van der Waals surface area contributed by atoms with Gasteiger partial charge in [0, 0.05) is 12.6 Å². The number of rotatable bonds is 5. The second kappa shape index (κ2) is 4.63. The molecule has 0 amide bonds. The number of nitrogens with one attached hydrogen (secondary N) is 1. The largest absolute Gasteiger partial charge is 0.376 e. The molecule has 1 aliphatic heterocycles. The van der Waals surface area contributed by atoms with E-state index in [0.717, 1.165) is 25.0 Å². The summed E-state index contributed by atoms with van der Waals surface area (Å²) in [6, 6.07) is 0.616. The van der Waals surface area contributed by atoms with Crippen molar-refractivity contribution in [3.63, 3.8) is 0 Å². The number of ether oxygens (including phenoxy) is 1. The maximum absolute atomic E-state index is 5.85. The van der Waals surface area contributed by atoms with E-state index in [1.807, 2.05) is 0 Å². The molecule has 0 spiro atoms. The minimum Gasteiger partial charge on any atom is -0.376 e. The van der Waals surface area contributed by atoms with Gasteiger partial charge in [0.05, 0.1) is 6.10 Å². The highest BCUT2D eigenvalue weighted by Crippen LogP contribution is 2.36. The Labute approximate surface area is 87.4 Å². The molecular formula is C12H23NO. The molecule has 1 N–H and O–H groups in total. The van der Waals surface area contributed by atoms with Crippen molar-refractivity contribution in [2.24, 2.45) is 11.8 Å². The Morgan fingerprint density at radius 3 is 2.64 bits per heavy atom. The van der Waals surface area contributed by atoms with Gasteiger partial charge in [-0.3, -0.25) is 0 Å². The first-order chi connectivity index (χ1) is 6.81. The molecule has 1 saturated carbocycles. The number of likely N-dealkylation sites (N-methyl/N-ethyl adjacent to an activating group) is 1. The molecule has 3 unspecified atom stereocenters. The highest BCUT2D eigenvalue weighted by Gasteiger charge is 2.35. The maximum Gasteiger partial charge on any atom is 0.0754 e. The van der Waals surface area contributed by atoms with Gasteiger partial charge >= 0.3 is 0 Å². The molecule has 14 heavy (non-hydrogen) atoms. The Kier molecular flexibility index (Phi) is 3.45. The lowest BCUT2D eigenvalue weighted by atomic mass is 9.94. The van der Waals surface area contributed by atoms with Gasteiger partial charge in [0.2, 0.25) is 0 Å². The molecule has 0 aromatic heterocycles. The van der Waals surface area contributed by atoms with E-state index in [9.17, 15) is 0 Å². The molecule has 1 saturated heterocycles. The topological polar surface area (TPSA) is 21.3 Å². The van der Waals surface area contributed by atoms with Crippen molar-refractivity contribution in [3.05, 3.63) is 0 Å². The van der Waals surface area contributed by atoms with Crippen LogP contribution >= 0.6 is 0 Å². The van der Waals surface area contributed by atoms with E-state index in [2.05, 4.69) is 19.2 Å². The van der Waals surface area contributed by atoms with Gasteiger partial charge < -0.3 is 10.1 Å². The van der Waals surface area contributed by atoms with Crippen LogP contribution in [0.3, 0.4) is 0 Å². The molecule has 0 aromatic rings. The van der Waals surface area contributed by atoms with E-state index in [4.69, 9.17) is 4.74 Å². The second-order valence-electron chi connectivity index (χ2n) is 4.94. The van der Waals surface area contributed by atoms with Gasteiger partial charge in [0.25, 0.3) is 0 Å². The molecule has 2 fully saturated rings. The second-order valence-corrected chi connectivity index (χ2v) is 4.94. The minimum absolute atomic E-state index is 0.482. The van der Waals surface area contributed by atoms with E-state index in [0.29, 0.717) is 12.1 Å². The highest BCUT2D eigenvalue weighted by atomic mass is 16.5. The molecule has 0 radical (unpaired) electrons. The van der Waals surface area contributed by atoms with Crippen LogP contribution in [-0.4, -0.2) is 25.3 Å². The summed E-state index contributed by atoms with van der Waals surface area (Å²) >= 11 is 0. The van der Waals surface area contributed by atoms with Crippen molar-refractivity contribution in [1.29, 1.82) is 0 Å². The zero-order valence-corrected chi connectivity index (χ0v) is 9.46. The first-order valence-electron chi connectivity index (χ1n) is 6.16. The van der Waals surface area contributed by atoms with E-state index in [-0.39, 0.29) is 0 Å². The Morgan fingerprint density at radius 1 is 1.36 bits per heavy atom. The summed E-state index contributed by atoms with van der Waals surface area (Å²) in [4.78, 5) is 0. The summed E-state index contributed by atoms with van der Waals surface area (Å²) in [7, 11) is 0. The molecule has 1 heterocycles. The van der Waals surface area contributed by atoms with Crippen molar-refractivity contribution in [1.82, 2.24) is 5.32 Å². The highest BCUT2D eigenvalue weighted by molar-refractivity contribution is 4.89. The van der Waals surface area contributed by atoms with Crippen LogP contribution in [0.4, 0.5) is 0 Å². The fourth-order valence-electron chi connectivity index (χ4n) is 2.54. The van der Waals surface area contributed by atoms with Gasteiger partial charge in [0.15, 0.2) is 0 Å². The van der Waals surface area contributed by atoms with Crippen molar-refractivity contribution >= 4 is 0 Å². The molecule has 2 heteroatoms. The third-order valence-electron chi connectivity index (χ3n) is 3.59. The van der Waals surface area contributed by atoms with E-state index >= 15 is 0 Å². The summed E-state index contributed by atoms with van der Waals surface area (Å²) in [6.07, 6.45) is 5.96. The van der Waals surface area contributed by atoms with Crippen LogP contribution in [0.25, 0.3) is 0 Å². The average Bonchev–Trinajstić information content (AvgIpc) is 2.87. The number of hydrogen-bond acceptors (Lipinski definition) is 2. The van der Waals surface area contributed by atoms with Gasteiger partial charge in [-0.25, -0.2) is 0 Å². The van der Waals surface area contributed by atoms with Crippen molar-refractivity contribution in [2.45, 2.75) is 51.7 Å². The lowest BCUT2D eigenvalue weighted by Crippen LogP contribution is -2.42. The summed E-state index contributed by atoms with van der Waals surface area (Å²) in [5.41, 5.74) is 0. The van der Waals surface area contributed by atoms with Gasteiger partial charge in [-0.1, -0.05) is 26.7 Å². The van der Waals surface area contributed by atoms with Crippen molar-refractivity contribution < 1.29 is 4.74 Å². The third kappa shape index (κ3) is 2.48. The summed E-state index contributed by atoms with van der Waals surface area (Å²) < 4.78 is 5.85. The Hall–Kier alpha value is -0.0800. The Bertz CT molecular complexity index is 179. The monoisotopic (exact) mass is 197 g/mol. The first-order valence-corrected chi connectivity index (χ1v) is 6.16. The summed E-state index contributed by atoms with van der Waals surface area (Å²) in [5, 5.41) is 3.60. The van der Waals surface area contributed by atoms with E-state index < -0.39 is 0 Å². The Morgan fingerprint density at radius 2 is 2.14 bits per heavy atom. The van der Waals surface area contributed by atoms with Crippen LogP contribution in [0.1, 0.15) is 39.5 Å². The van der Waals surface area contributed by atoms with E-state index in [1.54, 1.807) is 0 Å². The quantitative estimate of drug-likeness (QED) is 0.729. The van der Waals surface area contributed by atoms with E-state index in [1.165, 1.54) is 25.7 Å². The first kappa shape index (κ1) is 10.4. The number of hydrogen-bond donors (Lipinski definition) is 1. The van der Waals surface area contributed by atoms with Gasteiger partial charge in [-0.05, 0) is 31.2 Å². The van der Waals surface area contributed by atoms with Crippen molar-refractivity contribution in [3.8, 4) is 0 Å². The summed E-state index contributed by atoms with van der Waals surface area (Å²) in [5.74, 6) is 1.74. The fourth-order valence-corrected chi connectivity index (χ4v) is 2.54. The molecule has 1 aliphatic carbocycles. The zero-order chi connectivity index (χ0) is 9.97. The fraction of sp³-hybridized carbons (Fsp3) is 1.00. The average molecular weight is 197 g/mol. The van der Waals surface area contributed by atoms with Gasteiger partial charge in [-0.15, -0.1) is 0 Å². The van der Waals surface area contributed by atoms with Crippen LogP contribution in [0.15, 0.2) is 0 Å². The maximum atomic E-state index is 5.85. The lowest BCUT2D eigenvalue weighted by Gasteiger charge is -2.26. The molecule has 0 aromatic carbocycles. The predicted octanol–water partition coefficient (Wildman–Crippen LogP) is 2.19. The van der Waals surface area contributed by atoms with Crippen LogP contribution in [-0.2, 0) is 4.74 Å². The molecule has 2 aliphatic rings.